The highest BCUT2D eigenvalue weighted by Gasteiger charge is 2.15. The third kappa shape index (κ3) is 2.72. The molecule has 0 aliphatic heterocycles. The number of nitrogens with two attached hydrogens (primary N) is 1. The molecule has 0 saturated heterocycles. The number of rotatable bonds is 1. The summed E-state index contributed by atoms with van der Waals surface area (Å²) in [6, 6.07) is 0.446. The fraction of sp³-hybridized carbons (Fsp3) is 0.750. The van der Waals surface area contributed by atoms with E-state index in [1.54, 1.807) is 0 Å². The van der Waals surface area contributed by atoms with E-state index in [4.69, 9.17) is 5.73 Å². The van der Waals surface area contributed by atoms with Crippen LogP contribution >= 0.6 is 12.4 Å². The molecular weight excluding hydrogens is 146 g/mol. The van der Waals surface area contributed by atoms with Crippen molar-refractivity contribution in [2.45, 2.75) is 31.7 Å². The van der Waals surface area contributed by atoms with Crippen LogP contribution in [-0.2, 0) is 0 Å². The fourth-order valence-corrected chi connectivity index (χ4v) is 1.48. The van der Waals surface area contributed by atoms with Gasteiger partial charge in [-0.05, 0) is 25.2 Å². The van der Waals surface area contributed by atoms with Crippen molar-refractivity contribution in [3.8, 4) is 0 Å². The van der Waals surface area contributed by atoms with E-state index >= 15 is 0 Å². The van der Waals surface area contributed by atoms with Gasteiger partial charge in [-0.15, -0.1) is 19.0 Å². The van der Waals surface area contributed by atoms with Crippen molar-refractivity contribution in [1.82, 2.24) is 0 Å². The molecule has 0 spiro atoms. The summed E-state index contributed by atoms with van der Waals surface area (Å²) in [6.07, 6.45) is 7.00. The Bertz CT molecular complexity index is 103. The lowest BCUT2D eigenvalue weighted by molar-refractivity contribution is 0.373. The van der Waals surface area contributed by atoms with Crippen LogP contribution in [0.4, 0.5) is 0 Å². The first kappa shape index (κ1) is 9.99. The van der Waals surface area contributed by atoms with Crippen molar-refractivity contribution < 1.29 is 0 Å². The van der Waals surface area contributed by atoms with Crippen LogP contribution in [0.25, 0.3) is 0 Å². The van der Waals surface area contributed by atoms with E-state index < -0.39 is 0 Å². The average molecular weight is 162 g/mol. The van der Waals surface area contributed by atoms with Gasteiger partial charge in [-0.3, -0.25) is 0 Å². The molecule has 0 amide bonds. The van der Waals surface area contributed by atoms with E-state index in [2.05, 4.69) is 6.58 Å². The minimum atomic E-state index is 0. The molecule has 1 aliphatic rings. The van der Waals surface area contributed by atoms with Gasteiger partial charge in [-0.25, -0.2) is 0 Å². The van der Waals surface area contributed by atoms with Crippen molar-refractivity contribution in [3.05, 3.63) is 12.7 Å². The summed E-state index contributed by atoms with van der Waals surface area (Å²) in [4.78, 5) is 0. The summed E-state index contributed by atoms with van der Waals surface area (Å²) in [5.74, 6) is 0.703. The topological polar surface area (TPSA) is 26.0 Å². The van der Waals surface area contributed by atoms with Crippen molar-refractivity contribution in [2.24, 2.45) is 11.7 Å². The van der Waals surface area contributed by atoms with Crippen LogP contribution in [0.3, 0.4) is 0 Å². The summed E-state index contributed by atoms with van der Waals surface area (Å²) in [5, 5.41) is 0. The summed E-state index contributed by atoms with van der Waals surface area (Å²) < 4.78 is 0. The van der Waals surface area contributed by atoms with E-state index in [1.807, 2.05) is 6.08 Å². The van der Waals surface area contributed by atoms with Gasteiger partial charge in [0.2, 0.25) is 0 Å². The van der Waals surface area contributed by atoms with Crippen LogP contribution in [0, 0.1) is 5.92 Å². The van der Waals surface area contributed by atoms with Crippen LogP contribution in [0.1, 0.15) is 25.7 Å². The van der Waals surface area contributed by atoms with Gasteiger partial charge in [0.05, 0.1) is 0 Å². The maximum atomic E-state index is 5.75. The van der Waals surface area contributed by atoms with Crippen molar-refractivity contribution in [2.75, 3.05) is 0 Å². The second-order valence-corrected chi connectivity index (χ2v) is 2.92. The Labute approximate surface area is 69.1 Å². The van der Waals surface area contributed by atoms with E-state index in [0.717, 1.165) is 6.42 Å². The molecule has 2 heteroatoms. The number of hydrogen-bond donors (Lipinski definition) is 1. The fourth-order valence-electron chi connectivity index (χ4n) is 1.48. The highest BCUT2D eigenvalue weighted by molar-refractivity contribution is 5.85. The molecule has 0 heterocycles. The summed E-state index contributed by atoms with van der Waals surface area (Å²) >= 11 is 0. The standard InChI is InChI=1S/C8H15N.ClH/c1-2-7-4-3-5-8(9)6-7;/h2,7-8H,1,3-6,9H2;1H. The summed E-state index contributed by atoms with van der Waals surface area (Å²) in [7, 11) is 0. The highest BCUT2D eigenvalue weighted by atomic mass is 35.5. The van der Waals surface area contributed by atoms with Crippen molar-refractivity contribution in [1.29, 1.82) is 0 Å². The van der Waals surface area contributed by atoms with E-state index in [9.17, 15) is 0 Å². The number of hydrogen-bond acceptors (Lipinski definition) is 1. The van der Waals surface area contributed by atoms with Gasteiger partial charge >= 0.3 is 0 Å². The lowest BCUT2D eigenvalue weighted by Crippen LogP contribution is -2.26. The molecule has 1 fully saturated rings. The predicted octanol–water partition coefficient (Wildman–Crippen LogP) is 2.11. The molecule has 60 valence electrons. The van der Waals surface area contributed by atoms with Crippen molar-refractivity contribution >= 4 is 12.4 Å². The Balaban J connectivity index is 0.000000810. The Hall–Kier alpha value is -0.0100. The second kappa shape index (κ2) is 4.75. The second-order valence-electron chi connectivity index (χ2n) is 2.92. The third-order valence-corrected chi connectivity index (χ3v) is 2.09. The summed E-state index contributed by atoms with van der Waals surface area (Å²) in [6.45, 7) is 3.76. The highest BCUT2D eigenvalue weighted by Crippen LogP contribution is 2.23. The molecule has 0 radical (unpaired) electrons. The molecule has 0 bridgehead atoms. The van der Waals surface area contributed by atoms with Gasteiger partial charge < -0.3 is 5.73 Å². The molecule has 10 heavy (non-hydrogen) atoms. The molecule has 2 N–H and O–H groups in total. The Kier molecular flexibility index (Phi) is 4.75. The zero-order chi connectivity index (χ0) is 6.69. The summed E-state index contributed by atoms with van der Waals surface area (Å²) in [5.41, 5.74) is 5.75. The Morgan fingerprint density at radius 2 is 2.10 bits per heavy atom. The van der Waals surface area contributed by atoms with Crippen LogP contribution in [-0.4, -0.2) is 6.04 Å². The first-order valence-corrected chi connectivity index (χ1v) is 3.71. The molecule has 0 aromatic carbocycles. The van der Waals surface area contributed by atoms with Gasteiger partial charge in [0.25, 0.3) is 0 Å². The number of halogens is 1. The van der Waals surface area contributed by atoms with E-state index in [-0.39, 0.29) is 12.4 Å². The Morgan fingerprint density at radius 1 is 1.40 bits per heavy atom. The van der Waals surface area contributed by atoms with E-state index in [0.29, 0.717) is 12.0 Å². The molecule has 0 aromatic rings. The molecule has 1 saturated carbocycles. The first-order chi connectivity index (χ1) is 4.33. The quantitative estimate of drug-likeness (QED) is 0.586. The maximum Gasteiger partial charge on any atom is 0.00444 e. The molecule has 1 aliphatic carbocycles. The zero-order valence-electron chi connectivity index (χ0n) is 6.25. The molecule has 1 nitrogen and oxygen atoms in total. The maximum absolute atomic E-state index is 5.75. The largest absolute Gasteiger partial charge is 0.328 e. The minimum Gasteiger partial charge on any atom is -0.328 e. The number of allylic oxidation sites excluding steroid dienone is 1. The zero-order valence-corrected chi connectivity index (χ0v) is 7.07. The molecule has 2 atom stereocenters. The smallest absolute Gasteiger partial charge is 0.00444 e. The van der Waals surface area contributed by atoms with Gasteiger partial charge in [0.15, 0.2) is 0 Å². The average Bonchev–Trinajstić information content (AvgIpc) is 1.88. The van der Waals surface area contributed by atoms with Crippen molar-refractivity contribution in [3.63, 3.8) is 0 Å². The van der Waals surface area contributed by atoms with Crippen LogP contribution < -0.4 is 5.73 Å². The van der Waals surface area contributed by atoms with Gasteiger partial charge in [0, 0.05) is 6.04 Å². The van der Waals surface area contributed by atoms with Crippen LogP contribution in [0.15, 0.2) is 12.7 Å². The molecule has 2 unspecified atom stereocenters. The first-order valence-electron chi connectivity index (χ1n) is 3.71. The molecule has 0 aromatic heterocycles. The monoisotopic (exact) mass is 161 g/mol. The van der Waals surface area contributed by atoms with E-state index in [1.165, 1.54) is 19.3 Å². The lowest BCUT2D eigenvalue weighted by Gasteiger charge is -2.23. The van der Waals surface area contributed by atoms with Crippen LogP contribution in [0.5, 0.6) is 0 Å². The third-order valence-electron chi connectivity index (χ3n) is 2.09. The normalized spacial score (nSPS) is 32.5. The minimum absolute atomic E-state index is 0. The molecule has 1 rings (SSSR count). The predicted molar refractivity (Wildman–Crippen MR) is 47.4 cm³/mol. The van der Waals surface area contributed by atoms with Gasteiger partial charge in [0.1, 0.15) is 0 Å². The van der Waals surface area contributed by atoms with Crippen LogP contribution in [0.2, 0.25) is 0 Å². The molecular formula is C8H16ClN. The van der Waals surface area contributed by atoms with Gasteiger partial charge in [-0.2, -0.15) is 0 Å². The lowest BCUT2D eigenvalue weighted by atomic mass is 9.86. The SMILES string of the molecule is C=CC1CCCC(N)C1.Cl. The Morgan fingerprint density at radius 3 is 2.50 bits per heavy atom. The van der Waals surface area contributed by atoms with Gasteiger partial charge in [-0.1, -0.05) is 12.5 Å².